The number of amides is 4. The molecule has 0 bridgehead atoms. The summed E-state index contributed by atoms with van der Waals surface area (Å²) in [6, 6.07) is 31.2. The number of rotatable bonds is 8. The van der Waals surface area contributed by atoms with Gasteiger partial charge in [-0.3, -0.25) is 9.59 Å². The summed E-state index contributed by atoms with van der Waals surface area (Å²) < 4.78 is 10.4. The zero-order valence-electron chi connectivity index (χ0n) is 45.4. The number of nitrogens with zero attached hydrogens (tertiary/aromatic N) is 8. The first-order valence-electron chi connectivity index (χ1n) is 26.6. The number of nitrogens with one attached hydrogen (secondary N) is 2. The molecule has 16 heteroatoms. The van der Waals surface area contributed by atoms with E-state index in [9.17, 15) is 19.2 Å². The first kappa shape index (κ1) is 53.6. The minimum absolute atomic E-state index is 0.0223. The Labute approximate surface area is 451 Å². The number of aryl methyl sites for hydroxylation is 4. The van der Waals surface area contributed by atoms with E-state index in [1.165, 1.54) is 7.11 Å². The molecule has 6 heterocycles. The number of aromatic nitrogens is 4. The van der Waals surface area contributed by atoms with Gasteiger partial charge in [0.15, 0.2) is 0 Å². The zero-order chi connectivity index (χ0) is 54.7. The lowest BCUT2D eigenvalue weighted by atomic mass is 9.90. The lowest BCUT2D eigenvalue weighted by molar-refractivity contribution is 0.0202. The Balaban J connectivity index is 0.000000188. The number of benzene rings is 4. The number of hydrogen-bond acceptors (Lipinski definition) is 10. The molecule has 6 aromatic rings. The van der Waals surface area contributed by atoms with E-state index in [4.69, 9.17) is 30.0 Å². The highest BCUT2D eigenvalue weighted by molar-refractivity contribution is 5.97. The van der Waals surface area contributed by atoms with Gasteiger partial charge in [0.1, 0.15) is 17.2 Å². The Bertz CT molecular complexity index is 3240. The number of methoxy groups -OCH3 is 1. The van der Waals surface area contributed by atoms with E-state index in [1.54, 1.807) is 9.80 Å². The number of aromatic amines is 2. The van der Waals surface area contributed by atoms with Gasteiger partial charge in [-0.15, -0.1) is 0 Å². The quantitative estimate of drug-likeness (QED) is 0.148. The normalized spacial score (nSPS) is 16.3. The van der Waals surface area contributed by atoms with Gasteiger partial charge in [0.25, 0.3) is 11.8 Å². The van der Waals surface area contributed by atoms with Crippen LogP contribution in [0.15, 0.2) is 84.9 Å². The summed E-state index contributed by atoms with van der Waals surface area (Å²) in [5.41, 5.74) is 12.2. The number of H-pyrrole nitrogens is 2. The second-order valence-corrected chi connectivity index (χ2v) is 22.0. The van der Waals surface area contributed by atoms with Crippen LogP contribution in [-0.2, 0) is 9.47 Å². The Morgan fingerprint density at radius 3 is 1.27 bits per heavy atom. The molecule has 0 aliphatic carbocycles. The van der Waals surface area contributed by atoms with E-state index in [1.807, 2.05) is 143 Å². The predicted octanol–water partition coefficient (Wildman–Crippen LogP) is 10.7. The maximum Gasteiger partial charge on any atom is 0.410 e. The SMILES string of the molecule is COC(=O)N1CCC(c2nc(-c3cc(C(=O)N4CC(c5ccc(C#N)cc5)C4)ccc3C)c(C)[nH]2)CC1.Cc1ccc(C(=O)N2CC(c3ccc(C#N)cc3)C2)cc1-c1nc(C2CCN(C(=O)OC(C)(C)C)CC2)[nH]c1C. The van der Waals surface area contributed by atoms with E-state index >= 15 is 0 Å². The standard InChI is InChI=1S/C32H37N5O3.C29H31N5O3/c1-20-6-9-25(30(38)37-18-26(19-37)23-10-7-22(17-33)8-11-23)16-27(20)28-21(2)34-29(35-28)24-12-14-36(15-13-24)31(39)40-32(3,4)5;1-18-4-7-23(28(35)34-16-24(17-34)21-8-5-20(15-30)6-9-21)14-25(18)26-19(2)31-27(32-26)22-10-12-33(13-11-22)29(36)37-3/h6-11,16,24,26H,12-15,18-19H2,1-5H3,(H,34,35);4-9,14,22,24H,10-13,16-17H2,1-3H3,(H,31,32). The van der Waals surface area contributed by atoms with Crippen LogP contribution in [0.25, 0.3) is 22.5 Å². The number of imidazole rings is 2. The molecule has 4 aromatic carbocycles. The van der Waals surface area contributed by atoms with Crippen LogP contribution in [-0.4, -0.2) is 129 Å². The third kappa shape index (κ3) is 11.9. The molecule has 4 saturated heterocycles. The first-order valence-corrected chi connectivity index (χ1v) is 26.6. The fourth-order valence-corrected chi connectivity index (χ4v) is 10.8. The number of nitriles is 2. The van der Waals surface area contributed by atoms with Crippen LogP contribution in [0, 0.1) is 50.4 Å². The fourth-order valence-electron chi connectivity index (χ4n) is 10.8. The Kier molecular flexibility index (Phi) is 15.7. The maximum atomic E-state index is 13.3. The Morgan fingerprint density at radius 2 is 0.922 bits per heavy atom. The fraction of sp³-hybridized carbons (Fsp3) is 0.410. The van der Waals surface area contributed by atoms with Crippen LogP contribution in [0.2, 0.25) is 0 Å². The van der Waals surface area contributed by atoms with Gasteiger partial charge in [0.05, 0.1) is 41.8 Å². The van der Waals surface area contributed by atoms with E-state index in [0.717, 1.165) is 93.5 Å². The minimum atomic E-state index is -0.503. The van der Waals surface area contributed by atoms with Crippen LogP contribution in [0.1, 0.15) is 147 Å². The van der Waals surface area contributed by atoms with Crippen LogP contribution in [0.5, 0.6) is 0 Å². The monoisotopic (exact) mass is 1040 g/mol. The molecule has 0 unspecified atom stereocenters. The van der Waals surface area contributed by atoms with Gasteiger partial charge in [-0.25, -0.2) is 19.6 Å². The van der Waals surface area contributed by atoms with Crippen LogP contribution in [0.4, 0.5) is 9.59 Å². The average molecular weight is 1040 g/mol. The summed E-state index contributed by atoms with van der Waals surface area (Å²) in [6.07, 6.45) is 2.75. The van der Waals surface area contributed by atoms with Gasteiger partial charge < -0.3 is 39.0 Å². The number of carbonyl (C=O) groups excluding carboxylic acids is 4. The maximum absolute atomic E-state index is 13.3. The summed E-state index contributed by atoms with van der Waals surface area (Å²) in [4.78, 5) is 75.0. The molecule has 4 aliphatic heterocycles. The van der Waals surface area contributed by atoms with Crippen molar-refractivity contribution < 1.29 is 28.7 Å². The third-order valence-corrected chi connectivity index (χ3v) is 15.5. The van der Waals surface area contributed by atoms with E-state index in [2.05, 4.69) is 22.1 Å². The molecule has 10 rings (SSSR count). The van der Waals surface area contributed by atoms with Crippen molar-refractivity contribution in [3.05, 3.63) is 152 Å². The minimum Gasteiger partial charge on any atom is -0.453 e. The second kappa shape index (κ2) is 22.5. The summed E-state index contributed by atoms with van der Waals surface area (Å²) in [6.45, 7) is 19.0. The topological polar surface area (TPSA) is 205 Å². The van der Waals surface area contributed by atoms with Crippen molar-refractivity contribution in [3.63, 3.8) is 0 Å². The zero-order valence-corrected chi connectivity index (χ0v) is 45.4. The number of likely N-dealkylation sites (tertiary alicyclic amines) is 4. The first-order chi connectivity index (χ1) is 36.9. The molecule has 0 atom stereocenters. The Morgan fingerprint density at radius 1 is 0.545 bits per heavy atom. The number of carbonyl (C=O) groups is 4. The summed E-state index contributed by atoms with van der Waals surface area (Å²) in [5.74, 6) is 2.98. The van der Waals surface area contributed by atoms with Crippen molar-refractivity contribution in [2.45, 2.75) is 103 Å². The van der Waals surface area contributed by atoms with Gasteiger partial charge in [0.2, 0.25) is 0 Å². The molecule has 77 heavy (non-hydrogen) atoms. The Hall–Kier alpha value is -8.24. The van der Waals surface area contributed by atoms with Gasteiger partial charge in [-0.2, -0.15) is 10.5 Å². The molecular formula is C61H68N10O6. The molecule has 2 aromatic heterocycles. The van der Waals surface area contributed by atoms with Gasteiger partial charge in [-0.05, 0) is 145 Å². The van der Waals surface area contributed by atoms with Crippen molar-refractivity contribution in [3.8, 4) is 34.7 Å². The molecule has 4 amide bonds. The number of piperidine rings is 2. The third-order valence-electron chi connectivity index (χ3n) is 15.5. The number of hydrogen-bond donors (Lipinski definition) is 2. The lowest BCUT2D eigenvalue weighted by Gasteiger charge is -2.39. The molecular weight excluding hydrogens is 969 g/mol. The summed E-state index contributed by atoms with van der Waals surface area (Å²) in [7, 11) is 1.41. The second-order valence-electron chi connectivity index (χ2n) is 22.0. The highest BCUT2D eigenvalue weighted by atomic mass is 16.6. The average Bonchev–Trinajstić information content (AvgIpc) is 4.00. The smallest absolute Gasteiger partial charge is 0.410 e. The highest BCUT2D eigenvalue weighted by Crippen LogP contribution is 2.36. The molecule has 4 aliphatic rings. The summed E-state index contributed by atoms with van der Waals surface area (Å²) >= 11 is 0. The van der Waals surface area contributed by atoms with Crippen LogP contribution < -0.4 is 0 Å². The number of ether oxygens (including phenoxy) is 2. The van der Waals surface area contributed by atoms with Crippen LogP contribution >= 0.6 is 0 Å². The molecule has 4 fully saturated rings. The van der Waals surface area contributed by atoms with Crippen molar-refractivity contribution in [2.75, 3.05) is 59.5 Å². The lowest BCUT2D eigenvalue weighted by Crippen LogP contribution is -2.48. The van der Waals surface area contributed by atoms with E-state index in [-0.39, 0.29) is 35.8 Å². The van der Waals surface area contributed by atoms with Gasteiger partial charge in [0, 0.05) is 110 Å². The largest absolute Gasteiger partial charge is 0.453 e. The highest BCUT2D eigenvalue weighted by Gasteiger charge is 2.35. The van der Waals surface area contributed by atoms with E-state index < -0.39 is 5.60 Å². The van der Waals surface area contributed by atoms with E-state index in [0.29, 0.717) is 86.4 Å². The van der Waals surface area contributed by atoms with Crippen molar-refractivity contribution in [2.24, 2.45) is 0 Å². The summed E-state index contributed by atoms with van der Waals surface area (Å²) in [5, 5.41) is 18.0. The molecule has 0 spiro atoms. The van der Waals surface area contributed by atoms with Crippen molar-refractivity contribution in [1.29, 1.82) is 10.5 Å². The van der Waals surface area contributed by atoms with Crippen LogP contribution in [0.3, 0.4) is 0 Å². The van der Waals surface area contributed by atoms with Gasteiger partial charge in [-0.1, -0.05) is 36.4 Å². The molecule has 16 nitrogen and oxygen atoms in total. The van der Waals surface area contributed by atoms with Gasteiger partial charge >= 0.3 is 12.2 Å². The molecule has 0 radical (unpaired) electrons. The molecule has 0 saturated carbocycles. The van der Waals surface area contributed by atoms with Crippen molar-refractivity contribution in [1.82, 2.24) is 39.5 Å². The predicted molar refractivity (Wildman–Crippen MR) is 292 cm³/mol. The van der Waals surface area contributed by atoms with Crippen molar-refractivity contribution >= 4 is 24.0 Å². The molecule has 398 valence electrons. The molecule has 2 N–H and O–H groups in total.